The van der Waals surface area contributed by atoms with E-state index in [0.29, 0.717) is 5.92 Å². The molecule has 0 spiro atoms. The first-order valence-corrected chi connectivity index (χ1v) is 4.62. The van der Waals surface area contributed by atoms with Crippen LogP contribution in [0.4, 0.5) is 4.39 Å². The van der Waals surface area contributed by atoms with Gasteiger partial charge in [-0.25, -0.2) is 4.39 Å². The molecule has 1 aliphatic carbocycles. The molecular weight excluding hydrogens is 167 g/mol. The normalized spacial score (nSPS) is 27.8. The van der Waals surface area contributed by atoms with Gasteiger partial charge in [0.15, 0.2) is 0 Å². The Kier molecular flexibility index (Phi) is 2.27. The fourth-order valence-electron chi connectivity index (χ4n) is 2.02. The second-order valence-corrected chi connectivity index (χ2v) is 3.67. The van der Waals surface area contributed by atoms with Gasteiger partial charge < -0.3 is 5.73 Å². The lowest BCUT2D eigenvalue weighted by atomic mass is 9.98. The Bertz CT molecular complexity index is 301. The highest BCUT2D eigenvalue weighted by Gasteiger charge is 2.24. The molecule has 2 nitrogen and oxygen atoms in total. The van der Waals surface area contributed by atoms with Crippen LogP contribution >= 0.6 is 0 Å². The Balaban J connectivity index is 2.21. The van der Waals surface area contributed by atoms with E-state index in [-0.39, 0.29) is 11.9 Å². The summed E-state index contributed by atoms with van der Waals surface area (Å²) < 4.78 is 13.3. The molecule has 0 radical (unpaired) electrons. The van der Waals surface area contributed by atoms with Gasteiger partial charge in [0.05, 0.1) is 6.20 Å². The van der Waals surface area contributed by atoms with E-state index < -0.39 is 0 Å². The number of nitrogens with two attached hydrogens (primary N) is 1. The zero-order valence-corrected chi connectivity index (χ0v) is 7.41. The highest BCUT2D eigenvalue weighted by molar-refractivity contribution is 5.19. The molecule has 1 aromatic heterocycles. The Morgan fingerprint density at radius 3 is 2.92 bits per heavy atom. The average Bonchev–Trinajstić information content (AvgIpc) is 2.53. The van der Waals surface area contributed by atoms with Crippen molar-refractivity contribution in [1.29, 1.82) is 0 Å². The monoisotopic (exact) mass is 180 g/mol. The van der Waals surface area contributed by atoms with E-state index >= 15 is 0 Å². The molecule has 0 aromatic carbocycles. The molecule has 1 aromatic rings. The van der Waals surface area contributed by atoms with E-state index in [9.17, 15) is 4.39 Å². The van der Waals surface area contributed by atoms with Gasteiger partial charge in [-0.05, 0) is 36.8 Å². The van der Waals surface area contributed by atoms with E-state index in [1.165, 1.54) is 6.20 Å². The first-order valence-electron chi connectivity index (χ1n) is 4.62. The SMILES string of the molecule is NC1CCC(c2ccncc2F)C1. The Labute approximate surface area is 77.0 Å². The average molecular weight is 180 g/mol. The quantitative estimate of drug-likeness (QED) is 0.716. The lowest BCUT2D eigenvalue weighted by Gasteiger charge is -2.09. The third kappa shape index (κ3) is 1.70. The third-order valence-corrected chi connectivity index (χ3v) is 2.72. The van der Waals surface area contributed by atoms with Gasteiger partial charge in [-0.2, -0.15) is 0 Å². The number of halogens is 1. The lowest BCUT2D eigenvalue weighted by molar-refractivity contribution is 0.571. The van der Waals surface area contributed by atoms with Crippen LogP contribution in [0.3, 0.4) is 0 Å². The molecule has 0 bridgehead atoms. The first-order chi connectivity index (χ1) is 6.27. The van der Waals surface area contributed by atoms with E-state index in [0.717, 1.165) is 24.8 Å². The fourth-order valence-corrected chi connectivity index (χ4v) is 2.02. The van der Waals surface area contributed by atoms with Gasteiger partial charge in [0.25, 0.3) is 0 Å². The minimum Gasteiger partial charge on any atom is -0.328 e. The van der Waals surface area contributed by atoms with E-state index in [1.807, 2.05) is 0 Å². The maximum Gasteiger partial charge on any atom is 0.144 e. The fraction of sp³-hybridized carbons (Fsp3) is 0.500. The van der Waals surface area contributed by atoms with Crippen LogP contribution in [-0.2, 0) is 0 Å². The number of hydrogen-bond acceptors (Lipinski definition) is 2. The zero-order chi connectivity index (χ0) is 9.26. The van der Waals surface area contributed by atoms with Gasteiger partial charge in [-0.3, -0.25) is 4.98 Å². The molecule has 0 amide bonds. The number of hydrogen-bond donors (Lipinski definition) is 1. The van der Waals surface area contributed by atoms with Gasteiger partial charge in [0.1, 0.15) is 5.82 Å². The molecular formula is C10H13FN2. The minimum atomic E-state index is -0.193. The summed E-state index contributed by atoms with van der Waals surface area (Å²) in [4.78, 5) is 3.73. The smallest absolute Gasteiger partial charge is 0.144 e. The molecule has 1 saturated carbocycles. The molecule has 13 heavy (non-hydrogen) atoms. The summed E-state index contributed by atoms with van der Waals surface area (Å²) in [6.07, 6.45) is 5.83. The zero-order valence-electron chi connectivity index (χ0n) is 7.41. The molecule has 2 atom stereocenters. The van der Waals surface area contributed by atoms with Crippen molar-refractivity contribution >= 4 is 0 Å². The van der Waals surface area contributed by atoms with Crippen LogP contribution < -0.4 is 5.73 Å². The predicted octanol–water partition coefficient (Wildman–Crippen LogP) is 1.82. The number of rotatable bonds is 1. The molecule has 1 fully saturated rings. The van der Waals surface area contributed by atoms with Crippen LogP contribution in [0.15, 0.2) is 18.5 Å². The van der Waals surface area contributed by atoms with Crippen LogP contribution in [-0.4, -0.2) is 11.0 Å². The van der Waals surface area contributed by atoms with Crippen LogP contribution in [0.5, 0.6) is 0 Å². The van der Waals surface area contributed by atoms with Gasteiger partial charge >= 0.3 is 0 Å². The summed E-state index contributed by atoms with van der Waals surface area (Å²) in [7, 11) is 0. The van der Waals surface area contributed by atoms with Crippen LogP contribution in [0, 0.1) is 5.82 Å². The van der Waals surface area contributed by atoms with Gasteiger partial charge in [0.2, 0.25) is 0 Å². The number of nitrogens with zero attached hydrogens (tertiary/aromatic N) is 1. The molecule has 2 rings (SSSR count). The topological polar surface area (TPSA) is 38.9 Å². The maximum absolute atomic E-state index is 13.3. The van der Waals surface area contributed by atoms with Crippen LogP contribution in [0.25, 0.3) is 0 Å². The standard InChI is InChI=1S/C10H13FN2/c11-10-6-13-4-3-9(10)7-1-2-8(12)5-7/h3-4,6-8H,1-2,5,12H2. The van der Waals surface area contributed by atoms with E-state index in [4.69, 9.17) is 5.73 Å². The van der Waals surface area contributed by atoms with Gasteiger partial charge in [-0.15, -0.1) is 0 Å². The highest BCUT2D eigenvalue weighted by Crippen LogP contribution is 2.34. The molecule has 0 aliphatic heterocycles. The summed E-state index contributed by atoms with van der Waals surface area (Å²) in [5.41, 5.74) is 6.55. The van der Waals surface area contributed by atoms with E-state index in [1.54, 1.807) is 12.3 Å². The van der Waals surface area contributed by atoms with Gasteiger partial charge in [0, 0.05) is 12.2 Å². The van der Waals surface area contributed by atoms with Crippen molar-refractivity contribution in [3.8, 4) is 0 Å². The predicted molar refractivity (Wildman–Crippen MR) is 48.8 cm³/mol. The van der Waals surface area contributed by atoms with E-state index in [2.05, 4.69) is 4.98 Å². The van der Waals surface area contributed by atoms with Crippen LogP contribution in [0.1, 0.15) is 30.7 Å². The first kappa shape index (κ1) is 8.63. The number of aromatic nitrogens is 1. The summed E-state index contributed by atoms with van der Waals surface area (Å²) in [6.45, 7) is 0. The van der Waals surface area contributed by atoms with Crippen molar-refractivity contribution < 1.29 is 4.39 Å². The molecule has 1 heterocycles. The number of pyridine rings is 1. The lowest BCUT2D eigenvalue weighted by Crippen LogP contribution is -2.14. The minimum absolute atomic E-state index is 0.193. The van der Waals surface area contributed by atoms with Crippen molar-refractivity contribution in [1.82, 2.24) is 4.98 Å². The Hall–Kier alpha value is -0.960. The Morgan fingerprint density at radius 2 is 2.31 bits per heavy atom. The third-order valence-electron chi connectivity index (χ3n) is 2.72. The molecule has 70 valence electrons. The molecule has 3 heteroatoms. The molecule has 2 N–H and O–H groups in total. The summed E-state index contributed by atoms with van der Waals surface area (Å²) >= 11 is 0. The molecule has 1 aliphatic rings. The van der Waals surface area contributed by atoms with Crippen molar-refractivity contribution in [2.24, 2.45) is 5.73 Å². The van der Waals surface area contributed by atoms with Crippen molar-refractivity contribution in [3.05, 3.63) is 29.8 Å². The summed E-state index contributed by atoms with van der Waals surface area (Å²) in [6, 6.07) is 2.01. The summed E-state index contributed by atoms with van der Waals surface area (Å²) in [5, 5.41) is 0. The largest absolute Gasteiger partial charge is 0.328 e. The van der Waals surface area contributed by atoms with Gasteiger partial charge in [-0.1, -0.05) is 0 Å². The van der Waals surface area contributed by atoms with Crippen LogP contribution in [0.2, 0.25) is 0 Å². The molecule has 0 saturated heterocycles. The van der Waals surface area contributed by atoms with Crippen molar-refractivity contribution in [2.45, 2.75) is 31.2 Å². The molecule has 2 unspecified atom stereocenters. The maximum atomic E-state index is 13.3. The Morgan fingerprint density at radius 1 is 1.46 bits per heavy atom. The second-order valence-electron chi connectivity index (χ2n) is 3.67. The van der Waals surface area contributed by atoms with Crippen molar-refractivity contribution in [2.75, 3.05) is 0 Å². The highest BCUT2D eigenvalue weighted by atomic mass is 19.1. The second kappa shape index (κ2) is 3.42. The van der Waals surface area contributed by atoms with Crippen molar-refractivity contribution in [3.63, 3.8) is 0 Å². The summed E-state index contributed by atoms with van der Waals surface area (Å²) in [5.74, 6) is 0.111.